The first-order valence-electron chi connectivity index (χ1n) is 5.94. The van der Waals surface area contributed by atoms with Crippen LogP contribution in [0.1, 0.15) is 19.3 Å². The van der Waals surface area contributed by atoms with Crippen molar-refractivity contribution in [2.24, 2.45) is 0 Å². The molecule has 2 rings (SSSR count). The van der Waals surface area contributed by atoms with E-state index in [0.29, 0.717) is 5.75 Å². The summed E-state index contributed by atoms with van der Waals surface area (Å²) >= 11 is 0. The Morgan fingerprint density at radius 3 is 2.44 bits per heavy atom. The predicted octanol–water partition coefficient (Wildman–Crippen LogP) is 2.45. The third-order valence-electron chi connectivity index (χ3n) is 3.14. The molecule has 0 atom stereocenters. The Hall–Kier alpha value is -1.38. The molecule has 1 aliphatic heterocycles. The SMILES string of the molecule is CN(C)c1c(O)cccc1N1CCCCC1. The third kappa shape index (κ3) is 2.08. The molecule has 0 spiro atoms. The lowest BCUT2D eigenvalue weighted by atomic mass is 10.1. The van der Waals surface area contributed by atoms with E-state index in [1.807, 2.05) is 25.1 Å². The summed E-state index contributed by atoms with van der Waals surface area (Å²) < 4.78 is 0. The zero-order chi connectivity index (χ0) is 11.5. The van der Waals surface area contributed by atoms with Crippen LogP contribution in [0.5, 0.6) is 5.75 Å². The second kappa shape index (κ2) is 4.64. The standard InChI is InChI=1S/C13H20N2O/c1-14(2)13-11(7-6-8-12(13)16)15-9-4-3-5-10-15/h6-8,16H,3-5,9-10H2,1-2H3. The summed E-state index contributed by atoms with van der Waals surface area (Å²) in [6.45, 7) is 2.20. The van der Waals surface area contributed by atoms with E-state index in [-0.39, 0.29) is 0 Å². The van der Waals surface area contributed by atoms with Gasteiger partial charge < -0.3 is 14.9 Å². The van der Waals surface area contributed by atoms with Crippen LogP contribution in [0, 0.1) is 0 Å². The zero-order valence-electron chi connectivity index (χ0n) is 10.1. The maximum absolute atomic E-state index is 9.92. The van der Waals surface area contributed by atoms with Crippen LogP contribution in [0.2, 0.25) is 0 Å². The zero-order valence-corrected chi connectivity index (χ0v) is 10.1. The number of anilines is 2. The number of hydrogen-bond acceptors (Lipinski definition) is 3. The maximum Gasteiger partial charge on any atom is 0.141 e. The molecule has 3 nitrogen and oxygen atoms in total. The molecule has 3 heteroatoms. The minimum atomic E-state index is 0.369. The van der Waals surface area contributed by atoms with E-state index in [2.05, 4.69) is 11.0 Å². The number of nitrogens with zero attached hydrogens (tertiary/aromatic N) is 2. The molecule has 0 radical (unpaired) electrons. The van der Waals surface area contributed by atoms with E-state index in [0.717, 1.165) is 24.5 Å². The monoisotopic (exact) mass is 220 g/mol. The van der Waals surface area contributed by atoms with Crippen LogP contribution in [0.3, 0.4) is 0 Å². The molecule has 0 aromatic heterocycles. The van der Waals surface area contributed by atoms with Crippen LogP contribution in [-0.4, -0.2) is 32.3 Å². The summed E-state index contributed by atoms with van der Waals surface area (Å²) in [6.07, 6.45) is 3.83. The molecule has 1 fully saturated rings. The predicted molar refractivity (Wildman–Crippen MR) is 68.5 cm³/mol. The van der Waals surface area contributed by atoms with Crippen molar-refractivity contribution < 1.29 is 5.11 Å². The van der Waals surface area contributed by atoms with Crippen LogP contribution in [-0.2, 0) is 0 Å². The molecular weight excluding hydrogens is 200 g/mol. The van der Waals surface area contributed by atoms with Gasteiger partial charge in [0, 0.05) is 27.2 Å². The second-order valence-electron chi connectivity index (χ2n) is 4.59. The van der Waals surface area contributed by atoms with Crippen LogP contribution in [0.4, 0.5) is 11.4 Å². The summed E-state index contributed by atoms with van der Waals surface area (Å²) in [4.78, 5) is 4.36. The van der Waals surface area contributed by atoms with Gasteiger partial charge in [-0.1, -0.05) is 6.07 Å². The Kier molecular flexibility index (Phi) is 3.22. The van der Waals surface area contributed by atoms with Crippen molar-refractivity contribution in [3.8, 4) is 5.75 Å². The molecule has 1 aromatic carbocycles. The molecule has 1 aromatic rings. The highest BCUT2D eigenvalue weighted by Gasteiger charge is 2.17. The first-order valence-corrected chi connectivity index (χ1v) is 5.94. The molecular formula is C13H20N2O. The highest BCUT2D eigenvalue weighted by atomic mass is 16.3. The molecule has 0 saturated carbocycles. The molecule has 0 aliphatic carbocycles. The molecule has 16 heavy (non-hydrogen) atoms. The quantitative estimate of drug-likeness (QED) is 0.829. The topological polar surface area (TPSA) is 26.7 Å². The van der Waals surface area contributed by atoms with Gasteiger partial charge in [0.25, 0.3) is 0 Å². The molecule has 0 unspecified atom stereocenters. The minimum absolute atomic E-state index is 0.369. The summed E-state index contributed by atoms with van der Waals surface area (Å²) in [6, 6.07) is 5.77. The van der Waals surface area contributed by atoms with Gasteiger partial charge in [0.05, 0.1) is 5.69 Å². The third-order valence-corrected chi connectivity index (χ3v) is 3.14. The average Bonchev–Trinajstić information content (AvgIpc) is 2.29. The lowest BCUT2D eigenvalue weighted by Gasteiger charge is -2.32. The molecule has 1 saturated heterocycles. The van der Waals surface area contributed by atoms with Crippen molar-refractivity contribution in [2.45, 2.75) is 19.3 Å². The lowest BCUT2D eigenvalue weighted by molar-refractivity contribution is 0.475. The number of hydrogen-bond donors (Lipinski definition) is 1. The summed E-state index contributed by atoms with van der Waals surface area (Å²) in [5.41, 5.74) is 2.09. The number of aromatic hydroxyl groups is 1. The Morgan fingerprint density at radius 2 is 1.81 bits per heavy atom. The highest BCUT2D eigenvalue weighted by Crippen LogP contribution is 2.37. The van der Waals surface area contributed by atoms with E-state index in [4.69, 9.17) is 0 Å². The normalized spacial score (nSPS) is 16.2. The van der Waals surface area contributed by atoms with E-state index in [9.17, 15) is 5.11 Å². The highest BCUT2D eigenvalue weighted by molar-refractivity contribution is 5.77. The molecule has 0 amide bonds. The van der Waals surface area contributed by atoms with Gasteiger partial charge in [0.1, 0.15) is 11.4 Å². The fraction of sp³-hybridized carbons (Fsp3) is 0.538. The van der Waals surface area contributed by atoms with E-state index >= 15 is 0 Å². The van der Waals surface area contributed by atoms with Gasteiger partial charge in [-0.15, -0.1) is 0 Å². The number of benzene rings is 1. The Bertz CT molecular complexity index is 357. The van der Waals surface area contributed by atoms with Gasteiger partial charge in [-0.25, -0.2) is 0 Å². The number of phenolic OH excluding ortho intramolecular Hbond substituents is 1. The number of phenols is 1. The van der Waals surface area contributed by atoms with Gasteiger partial charge in [-0.3, -0.25) is 0 Å². The number of para-hydroxylation sites is 1. The first-order chi connectivity index (χ1) is 7.70. The summed E-state index contributed by atoms with van der Waals surface area (Å²) in [5, 5.41) is 9.92. The van der Waals surface area contributed by atoms with Gasteiger partial charge in [0.2, 0.25) is 0 Å². The number of piperidine rings is 1. The van der Waals surface area contributed by atoms with Gasteiger partial charge in [-0.2, -0.15) is 0 Å². The Labute approximate surface area is 97.3 Å². The van der Waals surface area contributed by atoms with Crippen LogP contribution in [0.25, 0.3) is 0 Å². The van der Waals surface area contributed by atoms with Crippen molar-refractivity contribution in [1.82, 2.24) is 0 Å². The minimum Gasteiger partial charge on any atom is -0.506 e. The second-order valence-corrected chi connectivity index (χ2v) is 4.59. The van der Waals surface area contributed by atoms with Crippen molar-refractivity contribution >= 4 is 11.4 Å². The summed E-state index contributed by atoms with van der Waals surface area (Å²) in [7, 11) is 3.95. The number of rotatable bonds is 2. The van der Waals surface area contributed by atoms with E-state index in [1.165, 1.54) is 19.3 Å². The lowest BCUT2D eigenvalue weighted by Crippen LogP contribution is -2.30. The summed E-state index contributed by atoms with van der Waals surface area (Å²) in [5.74, 6) is 0.369. The molecule has 1 heterocycles. The van der Waals surface area contributed by atoms with Crippen LogP contribution >= 0.6 is 0 Å². The largest absolute Gasteiger partial charge is 0.506 e. The van der Waals surface area contributed by atoms with E-state index in [1.54, 1.807) is 6.07 Å². The van der Waals surface area contributed by atoms with Crippen LogP contribution in [0.15, 0.2) is 18.2 Å². The van der Waals surface area contributed by atoms with Crippen molar-refractivity contribution in [1.29, 1.82) is 0 Å². The van der Waals surface area contributed by atoms with Gasteiger partial charge in [-0.05, 0) is 31.4 Å². The van der Waals surface area contributed by atoms with Gasteiger partial charge >= 0.3 is 0 Å². The van der Waals surface area contributed by atoms with Crippen molar-refractivity contribution in [3.05, 3.63) is 18.2 Å². The molecule has 88 valence electrons. The van der Waals surface area contributed by atoms with Crippen molar-refractivity contribution in [2.75, 3.05) is 37.0 Å². The Balaban J connectivity index is 2.34. The molecule has 1 aliphatic rings. The van der Waals surface area contributed by atoms with Crippen molar-refractivity contribution in [3.63, 3.8) is 0 Å². The van der Waals surface area contributed by atoms with Gasteiger partial charge in [0.15, 0.2) is 0 Å². The first kappa shape index (κ1) is 11.1. The molecule has 0 bridgehead atoms. The van der Waals surface area contributed by atoms with Crippen LogP contribution < -0.4 is 9.80 Å². The smallest absolute Gasteiger partial charge is 0.141 e. The molecule has 1 N–H and O–H groups in total. The van der Waals surface area contributed by atoms with E-state index < -0.39 is 0 Å². The maximum atomic E-state index is 9.92. The fourth-order valence-electron chi connectivity index (χ4n) is 2.37. The average molecular weight is 220 g/mol. The Morgan fingerprint density at radius 1 is 1.12 bits per heavy atom. The fourth-order valence-corrected chi connectivity index (χ4v) is 2.37.